The second-order valence-electron chi connectivity index (χ2n) is 5.33. The van der Waals surface area contributed by atoms with Crippen LogP contribution in [0, 0.1) is 23.7 Å². The molecule has 0 aliphatic heterocycles. The number of rotatable bonds is 3. The van der Waals surface area contributed by atoms with Gasteiger partial charge in [0.05, 0.1) is 11.8 Å². The number of carboxylic acids is 1. The fourth-order valence-corrected chi connectivity index (χ4v) is 3.40. The van der Waals surface area contributed by atoms with E-state index in [0.717, 1.165) is 6.42 Å². The van der Waals surface area contributed by atoms with E-state index in [-0.39, 0.29) is 17.7 Å². The maximum atomic E-state index is 12.4. The average molecular weight is 292 g/mol. The third kappa shape index (κ3) is 2.20. The number of carbonyl (C=O) groups is 2. The van der Waals surface area contributed by atoms with Crippen molar-refractivity contribution in [2.45, 2.75) is 6.42 Å². The number of amides is 1. The molecule has 0 heterocycles. The van der Waals surface area contributed by atoms with Crippen LogP contribution in [0.1, 0.15) is 6.42 Å². The van der Waals surface area contributed by atoms with Crippen molar-refractivity contribution in [1.82, 2.24) is 0 Å². The van der Waals surface area contributed by atoms with Gasteiger partial charge in [-0.15, -0.1) is 0 Å². The number of carbonyl (C=O) groups excluding carboxylic acids is 1. The molecule has 1 fully saturated rings. The van der Waals surface area contributed by atoms with E-state index < -0.39 is 17.8 Å². The third-order valence-electron chi connectivity index (χ3n) is 4.16. The van der Waals surface area contributed by atoms with E-state index in [1.165, 1.54) is 0 Å². The van der Waals surface area contributed by atoms with Gasteiger partial charge in [0.1, 0.15) is 0 Å². The minimum Gasteiger partial charge on any atom is -0.481 e. The molecule has 2 bridgehead atoms. The van der Waals surface area contributed by atoms with E-state index in [1.54, 1.807) is 24.3 Å². The molecule has 0 aromatic heterocycles. The van der Waals surface area contributed by atoms with Gasteiger partial charge < -0.3 is 10.4 Å². The quantitative estimate of drug-likeness (QED) is 0.842. The lowest BCUT2D eigenvalue weighted by atomic mass is 9.82. The van der Waals surface area contributed by atoms with Crippen LogP contribution in [-0.2, 0) is 9.59 Å². The van der Waals surface area contributed by atoms with Gasteiger partial charge in [-0.3, -0.25) is 9.59 Å². The molecule has 104 valence electrons. The Morgan fingerprint density at radius 3 is 2.30 bits per heavy atom. The molecule has 3 rings (SSSR count). The van der Waals surface area contributed by atoms with Gasteiger partial charge >= 0.3 is 5.97 Å². The second kappa shape index (κ2) is 4.94. The lowest BCUT2D eigenvalue weighted by Gasteiger charge is -2.23. The van der Waals surface area contributed by atoms with E-state index in [1.807, 2.05) is 12.2 Å². The predicted octanol–water partition coefficient (Wildman–Crippen LogP) is 2.80. The van der Waals surface area contributed by atoms with Crippen molar-refractivity contribution in [3.8, 4) is 0 Å². The zero-order valence-electron chi connectivity index (χ0n) is 10.6. The molecule has 0 unspecified atom stereocenters. The average Bonchev–Trinajstić information content (AvgIpc) is 3.01. The zero-order chi connectivity index (χ0) is 14.3. The van der Waals surface area contributed by atoms with E-state index in [9.17, 15) is 14.7 Å². The fraction of sp³-hybridized carbons (Fsp3) is 0.333. The highest BCUT2D eigenvalue weighted by atomic mass is 35.5. The first-order valence-electron chi connectivity index (χ1n) is 6.54. The van der Waals surface area contributed by atoms with Crippen LogP contribution in [0.3, 0.4) is 0 Å². The van der Waals surface area contributed by atoms with Crippen LogP contribution in [0.4, 0.5) is 5.69 Å². The molecule has 20 heavy (non-hydrogen) atoms. The van der Waals surface area contributed by atoms with Crippen LogP contribution >= 0.6 is 11.6 Å². The number of fused-ring (bicyclic) bond motifs is 2. The van der Waals surface area contributed by atoms with E-state index in [4.69, 9.17) is 11.6 Å². The summed E-state index contributed by atoms with van der Waals surface area (Å²) < 4.78 is 0. The minimum atomic E-state index is -0.891. The van der Waals surface area contributed by atoms with Gasteiger partial charge in [-0.25, -0.2) is 0 Å². The van der Waals surface area contributed by atoms with Crippen molar-refractivity contribution < 1.29 is 14.7 Å². The molecule has 0 spiro atoms. The van der Waals surface area contributed by atoms with Crippen LogP contribution in [0.25, 0.3) is 0 Å². The van der Waals surface area contributed by atoms with Gasteiger partial charge in [0, 0.05) is 10.7 Å². The molecule has 0 radical (unpaired) electrons. The highest BCUT2D eigenvalue weighted by Gasteiger charge is 2.51. The Bertz CT molecular complexity index is 581. The van der Waals surface area contributed by atoms with Crippen molar-refractivity contribution in [1.29, 1.82) is 0 Å². The Labute approximate surface area is 121 Å². The maximum Gasteiger partial charge on any atom is 0.307 e. The van der Waals surface area contributed by atoms with Crippen LogP contribution in [-0.4, -0.2) is 17.0 Å². The number of halogens is 1. The molecule has 2 aliphatic carbocycles. The largest absolute Gasteiger partial charge is 0.481 e. The van der Waals surface area contributed by atoms with Crippen LogP contribution in [0.2, 0.25) is 5.02 Å². The molecule has 1 amide bonds. The number of hydrogen-bond acceptors (Lipinski definition) is 2. The second-order valence-corrected chi connectivity index (χ2v) is 5.77. The lowest BCUT2D eigenvalue weighted by Crippen LogP contribution is -2.36. The normalized spacial score (nSPS) is 30.4. The van der Waals surface area contributed by atoms with E-state index in [2.05, 4.69) is 5.32 Å². The van der Waals surface area contributed by atoms with Crippen LogP contribution in [0.5, 0.6) is 0 Å². The van der Waals surface area contributed by atoms with Gasteiger partial charge in [-0.1, -0.05) is 23.8 Å². The summed E-state index contributed by atoms with van der Waals surface area (Å²) in [5, 5.41) is 12.7. The highest BCUT2D eigenvalue weighted by molar-refractivity contribution is 6.30. The number of aliphatic carboxylic acids is 1. The summed E-state index contributed by atoms with van der Waals surface area (Å²) in [6.07, 6.45) is 4.65. The van der Waals surface area contributed by atoms with Crippen molar-refractivity contribution in [3.05, 3.63) is 41.4 Å². The monoisotopic (exact) mass is 291 g/mol. The number of allylic oxidation sites excluding steroid dienone is 2. The Kier molecular flexibility index (Phi) is 3.26. The van der Waals surface area contributed by atoms with Gasteiger partial charge in [0.2, 0.25) is 5.91 Å². The van der Waals surface area contributed by atoms with Crippen molar-refractivity contribution in [2.75, 3.05) is 5.32 Å². The maximum absolute atomic E-state index is 12.4. The Morgan fingerprint density at radius 1 is 1.10 bits per heavy atom. The van der Waals surface area contributed by atoms with Gasteiger partial charge in [-0.05, 0) is 42.5 Å². The SMILES string of the molecule is O=C(O)[C@H]1[C@H](C(=O)Nc2ccc(Cl)cc2)[C@H]2C=C[C@@H]1C2. The van der Waals surface area contributed by atoms with E-state index >= 15 is 0 Å². The van der Waals surface area contributed by atoms with E-state index in [0.29, 0.717) is 10.7 Å². The number of hydrogen-bond donors (Lipinski definition) is 2. The first-order chi connectivity index (χ1) is 9.56. The van der Waals surface area contributed by atoms with Gasteiger partial charge in [0.15, 0.2) is 0 Å². The van der Waals surface area contributed by atoms with Crippen molar-refractivity contribution in [3.63, 3.8) is 0 Å². The third-order valence-corrected chi connectivity index (χ3v) is 4.41. The predicted molar refractivity (Wildman–Crippen MR) is 75.4 cm³/mol. The molecule has 1 aromatic rings. The summed E-state index contributed by atoms with van der Waals surface area (Å²) in [7, 11) is 0. The summed E-state index contributed by atoms with van der Waals surface area (Å²) in [6.45, 7) is 0. The minimum absolute atomic E-state index is 0.0153. The summed E-state index contributed by atoms with van der Waals surface area (Å²) in [4.78, 5) is 23.7. The molecule has 2 aliphatic rings. The summed E-state index contributed by atoms with van der Waals surface area (Å²) in [5.74, 6) is -2.20. The molecule has 1 aromatic carbocycles. The molecule has 1 saturated carbocycles. The molecular weight excluding hydrogens is 278 g/mol. The first-order valence-corrected chi connectivity index (χ1v) is 6.91. The summed E-state index contributed by atoms with van der Waals surface area (Å²) in [6, 6.07) is 6.79. The highest BCUT2D eigenvalue weighted by Crippen LogP contribution is 2.48. The number of anilines is 1. The summed E-state index contributed by atoms with van der Waals surface area (Å²) in [5.41, 5.74) is 0.635. The molecular formula is C15H14ClNO3. The fourth-order valence-electron chi connectivity index (χ4n) is 3.28. The lowest BCUT2D eigenvalue weighted by molar-refractivity contribution is -0.146. The van der Waals surface area contributed by atoms with Crippen LogP contribution in [0.15, 0.2) is 36.4 Å². The van der Waals surface area contributed by atoms with Gasteiger partial charge in [-0.2, -0.15) is 0 Å². The zero-order valence-corrected chi connectivity index (χ0v) is 11.4. The van der Waals surface area contributed by atoms with Gasteiger partial charge in [0.25, 0.3) is 0 Å². The summed E-state index contributed by atoms with van der Waals surface area (Å²) >= 11 is 5.79. The van der Waals surface area contributed by atoms with Crippen molar-refractivity contribution >= 4 is 29.2 Å². The molecule has 5 heteroatoms. The Morgan fingerprint density at radius 2 is 1.70 bits per heavy atom. The van der Waals surface area contributed by atoms with Crippen molar-refractivity contribution in [2.24, 2.45) is 23.7 Å². The molecule has 0 saturated heterocycles. The molecule has 4 atom stereocenters. The molecule has 2 N–H and O–H groups in total. The topological polar surface area (TPSA) is 66.4 Å². The number of carboxylic acid groups (broad SMARTS) is 1. The first kappa shape index (κ1) is 13.2. The standard InChI is InChI=1S/C15H14ClNO3/c16-10-3-5-11(6-4-10)17-14(18)12-8-1-2-9(7-8)13(12)15(19)20/h1-6,8-9,12-13H,7H2,(H,17,18)(H,19,20)/t8-,9+,12+,13+/m0/s1. The number of benzene rings is 1. The smallest absolute Gasteiger partial charge is 0.307 e. The van der Waals surface area contributed by atoms with Crippen LogP contribution < -0.4 is 5.32 Å². The Hall–Kier alpha value is -1.81. The molecule has 4 nitrogen and oxygen atoms in total. The number of nitrogens with one attached hydrogen (secondary N) is 1. The Balaban J connectivity index is 1.78.